The highest BCUT2D eigenvalue weighted by Gasteiger charge is 2.14. The van der Waals surface area contributed by atoms with Crippen molar-refractivity contribution in [3.8, 4) is 11.5 Å². The van der Waals surface area contributed by atoms with Crippen LogP contribution in [0.3, 0.4) is 0 Å². The number of furan rings is 1. The molecule has 150 valence electrons. The number of halogens is 1. The summed E-state index contributed by atoms with van der Waals surface area (Å²) >= 11 is 0. The van der Waals surface area contributed by atoms with Gasteiger partial charge in [0, 0.05) is 12.6 Å². The molecule has 3 aromatic rings. The molecule has 2 amide bonds. The molecule has 2 aromatic carbocycles. The fourth-order valence-electron chi connectivity index (χ4n) is 2.53. The Hall–Kier alpha value is -3.81. The van der Waals surface area contributed by atoms with E-state index >= 15 is 0 Å². The van der Waals surface area contributed by atoms with Crippen molar-refractivity contribution in [3.05, 3.63) is 71.9 Å². The van der Waals surface area contributed by atoms with Gasteiger partial charge in [0.15, 0.2) is 5.76 Å². The number of methoxy groups -OCH3 is 1. The molecule has 0 unspecified atom stereocenters. The molecule has 0 aliphatic carbocycles. The summed E-state index contributed by atoms with van der Waals surface area (Å²) in [4.78, 5) is 23.7. The molecule has 0 bridgehead atoms. The van der Waals surface area contributed by atoms with Crippen LogP contribution in [-0.4, -0.2) is 18.9 Å². The summed E-state index contributed by atoms with van der Waals surface area (Å²) in [5, 5.41) is 5.33. The molecule has 0 fully saturated rings. The molecule has 0 aliphatic heterocycles. The number of carbonyl (C=O) groups is 2. The Labute approximate surface area is 166 Å². The van der Waals surface area contributed by atoms with Gasteiger partial charge in [0.05, 0.1) is 12.8 Å². The molecule has 0 radical (unpaired) electrons. The van der Waals surface area contributed by atoms with Gasteiger partial charge in [0.1, 0.15) is 29.7 Å². The van der Waals surface area contributed by atoms with Gasteiger partial charge in [-0.2, -0.15) is 0 Å². The molecule has 2 N–H and O–H groups in total. The van der Waals surface area contributed by atoms with Gasteiger partial charge in [-0.05, 0) is 54.6 Å². The monoisotopic (exact) mass is 398 g/mol. The number of amides is 2. The van der Waals surface area contributed by atoms with Crippen molar-refractivity contribution in [2.75, 3.05) is 17.7 Å². The van der Waals surface area contributed by atoms with Crippen LogP contribution >= 0.6 is 0 Å². The third-order valence-electron chi connectivity index (χ3n) is 3.85. The first-order valence-electron chi connectivity index (χ1n) is 8.68. The minimum atomic E-state index is -0.461. The zero-order chi connectivity index (χ0) is 20.8. The molecular formula is C21H19FN2O5. The highest BCUT2D eigenvalue weighted by molar-refractivity contribution is 6.03. The van der Waals surface area contributed by atoms with Crippen LogP contribution in [0, 0.1) is 5.82 Å². The zero-order valence-corrected chi connectivity index (χ0v) is 15.8. The second kappa shape index (κ2) is 8.92. The molecule has 7 nitrogen and oxygen atoms in total. The molecule has 0 saturated heterocycles. The number of hydrogen-bond donors (Lipinski definition) is 2. The molecule has 0 spiro atoms. The number of nitrogens with one attached hydrogen (secondary N) is 2. The highest BCUT2D eigenvalue weighted by atomic mass is 19.1. The van der Waals surface area contributed by atoms with E-state index in [-0.39, 0.29) is 24.1 Å². The van der Waals surface area contributed by atoms with Gasteiger partial charge in [0.25, 0.3) is 5.91 Å². The fourth-order valence-corrected chi connectivity index (χ4v) is 2.53. The van der Waals surface area contributed by atoms with Gasteiger partial charge in [-0.15, -0.1) is 0 Å². The van der Waals surface area contributed by atoms with Crippen LogP contribution in [0.5, 0.6) is 11.5 Å². The fraction of sp³-hybridized carbons (Fsp3) is 0.143. The van der Waals surface area contributed by atoms with Crippen molar-refractivity contribution in [3.63, 3.8) is 0 Å². The maximum absolute atomic E-state index is 12.9. The van der Waals surface area contributed by atoms with Crippen molar-refractivity contribution in [1.29, 1.82) is 0 Å². The van der Waals surface area contributed by atoms with Crippen molar-refractivity contribution in [2.45, 2.75) is 13.5 Å². The van der Waals surface area contributed by atoms with Crippen LogP contribution in [0.25, 0.3) is 0 Å². The molecule has 0 aliphatic rings. The number of hydrogen-bond acceptors (Lipinski definition) is 5. The van der Waals surface area contributed by atoms with Gasteiger partial charge >= 0.3 is 0 Å². The molecule has 8 heteroatoms. The summed E-state index contributed by atoms with van der Waals surface area (Å²) in [5.41, 5.74) is 0.894. The van der Waals surface area contributed by atoms with E-state index in [0.717, 1.165) is 0 Å². The van der Waals surface area contributed by atoms with E-state index in [0.29, 0.717) is 28.6 Å². The van der Waals surface area contributed by atoms with Gasteiger partial charge in [0.2, 0.25) is 5.91 Å². The first kappa shape index (κ1) is 19.9. The lowest BCUT2D eigenvalue weighted by Crippen LogP contribution is -2.12. The number of carbonyl (C=O) groups excluding carboxylic acids is 2. The molecule has 1 heterocycles. The molecule has 1 aromatic heterocycles. The van der Waals surface area contributed by atoms with Crippen molar-refractivity contribution >= 4 is 23.2 Å². The van der Waals surface area contributed by atoms with Gasteiger partial charge < -0.3 is 24.5 Å². The minimum Gasteiger partial charge on any atom is -0.495 e. The average Bonchev–Trinajstić information content (AvgIpc) is 3.17. The Bertz CT molecular complexity index is 1010. The first-order chi connectivity index (χ1) is 13.9. The van der Waals surface area contributed by atoms with Crippen LogP contribution in [-0.2, 0) is 11.4 Å². The van der Waals surface area contributed by atoms with E-state index in [1.807, 2.05) is 0 Å². The quantitative estimate of drug-likeness (QED) is 0.622. The van der Waals surface area contributed by atoms with Crippen molar-refractivity contribution in [2.24, 2.45) is 0 Å². The first-order valence-corrected chi connectivity index (χ1v) is 8.68. The largest absolute Gasteiger partial charge is 0.495 e. The van der Waals surface area contributed by atoms with Crippen LogP contribution in [0.4, 0.5) is 15.8 Å². The van der Waals surface area contributed by atoms with E-state index in [1.165, 1.54) is 44.4 Å². The maximum atomic E-state index is 12.9. The lowest BCUT2D eigenvalue weighted by Gasteiger charge is -2.11. The standard InChI is InChI=1S/C21H19FN2O5/c1-13(25)23-18-11-15(5-9-19(18)27-2)24-21(26)20-10-8-17(29-20)12-28-16-6-3-14(22)4-7-16/h3-11H,12H2,1-2H3,(H,23,25)(H,24,26). The Morgan fingerprint density at radius 2 is 1.79 bits per heavy atom. The van der Waals surface area contributed by atoms with E-state index in [1.54, 1.807) is 24.3 Å². The van der Waals surface area contributed by atoms with Gasteiger partial charge in [-0.3, -0.25) is 9.59 Å². The molecule has 29 heavy (non-hydrogen) atoms. The molecule has 0 saturated carbocycles. The van der Waals surface area contributed by atoms with E-state index in [4.69, 9.17) is 13.9 Å². The van der Waals surface area contributed by atoms with Crippen molar-refractivity contribution < 1.29 is 27.9 Å². The smallest absolute Gasteiger partial charge is 0.291 e. The highest BCUT2D eigenvalue weighted by Crippen LogP contribution is 2.28. The summed E-state index contributed by atoms with van der Waals surface area (Å²) in [7, 11) is 1.48. The second-order valence-electron chi connectivity index (χ2n) is 6.06. The summed E-state index contributed by atoms with van der Waals surface area (Å²) in [5.74, 6) is 0.414. The Kier molecular flexibility index (Phi) is 6.13. The van der Waals surface area contributed by atoms with E-state index in [2.05, 4.69) is 10.6 Å². The number of ether oxygens (including phenoxy) is 2. The van der Waals surface area contributed by atoms with E-state index in [9.17, 15) is 14.0 Å². The summed E-state index contributed by atoms with van der Waals surface area (Å²) in [6, 6.07) is 13.6. The number of rotatable bonds is 7. The maximum Gasteiger partial charge on any atom is 0.291 e. The third-order valence-corrected chi connectivity index (χ3v) is 3.85. The molecular weight excluding hydrogens is 379 g/mol. The SMILES string of the molecule is COc1ccc(NC(=O)c2ccc(COc3ccc(F)cc3)o2)cc1NC(C)=O. The Morgan fingerprint density at radius 1 is 1.03 bits per heavy atom. The minimum absolute atomic E-state index is 0.0914. The lowest BCUT2D eigenvalue weighted by molar-refractivity contribution is -0.114. The van der Waals surface area contributed by atoms with Crippen LogP contribution < -0.4 is 20.1 Å². The summed E-state index contributed by atoms with van der Waals surface area (Å²) in [6.07, 6.45) is 0. The average molecular weight is 398 g/mol. The number of anilines is 2. The Balaban J connectivity index is 1.64. The van der Waals surface area contributed by atoms with Crippen LogP contribution in [0.15, 0.2) is 59.0 Å². The third kappa shape index (κ3) is 5.35. The van der Waals surface area contributed by atoms with Gasteiger partial charge in [-0.25, -0.2) is 4.39 Å². The van der Waals surface area contributed by atoms with Crippen LogP contribution in [0.1, 0.15) is 23.2 Å². The van der Waals surface area contributed by atoms with Crippen LogP contribution in [0.2, 0.25) is 0 Å². The lowest BCUT2D eigenvalue weighted by atomic mass is 10.2. The Morgan fingerprint density at radius 3 is 2.48 bits per heavy atom. The number of benzene rings is 2. The topological polar surface area (TPSA) is 89.8 Å². The predicted molar refractivity (Wildman–Crippen MR) is 105 cm³/mol. The zero-order valence-electron chi connectivity index (χ0n) is 15.8. The summed E-state index contributed by atoms with van der Waals surface area (Å²) in [6.45, 7) is 1.47. The normalized spacial score (nSPS) is 10.3. The van der Waals surface area contributed by atoms with Gasteiger partial charge in [-0.1, -0.05) is 0 Å². The second-order valence-corrected chi connectivity index (χ2v) is 6.06. The predicted octanol–water partition coefficient (Wildman–Crippen LogP) is 4.22. The summed E-state index contributed by atoms with van der Waals surface area (Å²) < 4.78 is 29.1. The molecule has 3 rings (SSSR count). The van der Waals surface area contributed by atoms with E-state index < -0.39 is 5.91 Å². The van der Waals surface area contributed by atoms with Crippen molar-refractivity contribution in [1.82, 2.24) is 0 Å². The molecule has 0 atom stereocenters.